The highest BCUT2D eigenvalue weighted by Gasteiger charge is 2.14. The first-order valence-corrected chi connectivity index (χ1v) is 5.26. The van der Waals surface area contributed by atoms with E-state index < -0.39 is 0 Å². The zero-order valence-electron chi connectivity index (χ0n) is 9.17. The van der Waals surface area contributed by atoms with Gasteiger partial charge >= 0.3 is 0 Å². The Kier molecular flexibility index (Phi) is 3.08. The lowest BCUT2D eigenvalue weighted by molar-refractivity contribution is 0.415. The zero-order chi connectivity index (χ0) is 10.3. The SMILES string of the molecule is COc1ccc2c3c([nH]c2c1)CCNC3.Cl. The number of hydrogen-bond donors (Lipinski definition) is 2. The number of halogens is 1. The molecule has 0 saturated carbocycles. The molecule has 4 heteroatoms. The maximum Gasteiger partial charge on any atom is 0.120 e. The molecule has 1 aliphatic heterocycles. The molecule has 16 heavy (non-hydrogen) atoms. The molecular weight excluding hydrogens is 224 g/mol. The summed E-state index contributed by atoms with van der Waals surface area (Å²) < 4.78 is 5.22. The Morgan fingerprint density at radius 3 is 3.00 bits per heavy atom. The summed E-state index contributed by atoms with van der Waals surface area (Å²) in [5.41, 5.74) is 3.97. The predicted molar refractivity (Wildman–Crippen MR) is 67.5 cm³/mol. The topological polar surface area (TPSA) is 37.0 Å². The van der Waals surface area contributed by atoms with Crippen LogP contribution in [0, 0.1) is 0 Å². The molecule has 3 rings (SSSR count). The van der Waals surface area contributed by atoms with E-state index in [4.69, 9.17) is 4.74 Å². The van der Waals surface area contributed by atoms with Crippen LogP contribution in [0.25, 0.3) is 10.9 Å². The predicted octanol–water partition coefficient (Wildman–Crippen LogP) is 2.24. The summed E-state index contributed by atoms with van der Waals surface area (Å²) in [4.78, 5) is 3.47. The molecule has 1 aromatic heterocycles. The molecule has 0 fully saturated rings. The Balaban J connectivity index is 0.000000963. The average molecular weight is 239 g/mol. The van der Waals surface area contributed by atoms with Crippen LogP contribution in [0.2, 0.25) is 0 Å². The lowest BCUT2D eigenvalue weighted by Gasteiger charge is -2.12. The number of aromatic amines is 1. The first kappa shape index (κ1) is 11.3. The molecule has 0 unspecified atom stereocenters. The van der Waals surface area contributed by atoms with Crippen molar-refractivity contribution in [3.63, 3.8) is 0 Å². The van der Waals surface area contributed by atoms with E-state index in [-0.39, 0.29) is 12.4 Å². The van der Waals surface area contributed by atoms with Crippen molar-refractivity contribution in [1.82, 2.24) is 10.3 Å². The molecule has 3 nitrogen and oxygen atoms in total. The molecule has 0 spiro atoms. The fourth-order valence-corrected chi connectivity index (χ4v) is 2.26. The number of hydrogen-bond acceptors (Lipinski definition) is 2. The van der Waals surface area contributed by atoms with Crippen LogP contribution < -0.4 is 10.1 Å². The Hall–Kier alpha value is -1.19. The van der Waals surface area contributed by atoms with Gasteiger partial charge in [0.25, 0.3) is 0 Å². The maximum absolute atomic E-state index is 5.22. The third-order valence-corrected chi connectivity index (χ3v) is 3.06. The molecule has 0 radical (unpaired) electrons. The quantitative estimate of drug-likeness (QED) is 0.800. The molecule has 2 N–H and O–H groups in total. The van der Waals surface area contributed by atoms with Gasteiger partial charge in [0.05, 0.1) is 7.11 Å². The highest BCUT2D eigenvalue weighted by atomic mass is 35.5. The minimum atomic E-state index is 0. The normalized spacial score (nSPS) is 14.3. The number of benzene rings is 1. The van der Waals surface area contributed by atoms with Crippen LogP contribution in [0.15, 0.2) is 18.2 Å². The van der Waals surface area contributed by atoms with Crippen LogP contribution in [-0.4, -0.2) is 18.6 Å². The molecule has 0 saturated heterocycles. The lowest BCUT2D eigenvalue weighted by Crippen LogP contribution is -2.22. The summed E-state index contributed by atoms with van der Waals surface area (Å²) in [7, 11) is 1.70. The Morgan fingerprint density at radius 2 is 2.19 bits per heavy atom. The molecule has 1 aromatic carbocycles. The average Bonchev–Trinajstić information content (AvgIpc) is 2.66. The number of H-pyrrole nitrogens is 1. The Morgan fingerprint density at radius 1 is 1.31 bits per heavy atom. The summed E-state index contributed by atoms with van der Waals surface area (Å²) in [5, 5.41) is 4.71. The molecule has 2 heterocycles. The number of nitrogens with one attached hydrogen (secondary N) is 2. The summed E-state index contributed by atoms with van der Waals surface area (Å²) in [6.07, 6.45) is 1.09. The smallest absolute Gasteiger partial charge is 0.120 e. The van der Waals surface area contributed by atoms with E-state index in [1.165, 1.54) is 22.2 Å². The van der Waals surface area contributed by atoms with Crippen molar-refractivity contribution in [1.29, 1.82) is 0 Å². The minimum absolute atomic E-state index is 0. The first-order valence-electron chi connectivity index (χ1n) is 5.26. The molecule has 1 aliphatic rings. The van der Waals surface area contributed by atoms with Gasteiger partial charge in [0.2, 0.25) is 0 Å². The largest absolute Gasteiger partial charge is 0.497 e. The van der Waals surface area contributed by atoms with E-state index in [0.29, 0.717) is 0 Å². The zero-order valence-corrected chi connectivity index (χ0v) is 9.99. The van der Waals surface area contributed by atoms with Crippen molar-refractivity contribution in [3.8, 4) is 5.75 Å². The Bertz CT molecular complexity index is 507. The van der Waals surface area contributed by atoms with Crippen molar-refractivity contribution in [2.75, 3.05) is 13.7 Å². The molecule has 0 amide bonds. The fourth-order valence-electron chi connectivity index (χ4n) is 2.26. The van der Waals surface area contributed by atoms with Crippen LogP contribution >= 0.6 is 12.4 Å². The van der Waals surface area contributed by atoms with Crippen molar-refractivity contribution in [3.05, 3.63) is 29.5 Å². The van der Waals surface area contributed by atoms with Crippen molar-refractivity contribution >= 4 is 23.3 Å². The van der Waals surface area contributed by atoms with Gasteiger partial charge in [-0.15, -0.1) is 12.4 Å². The summed E-state index contributed by atoms with van der Waals surface area (Å²) in [6, 6.07) is 6.22. The molecule has 0 atom stereocenters. The number of methoxy groups -OCH3 is 1. The van der Waals surface area contributed by atoms with Gasteiger partial charge in [0.1, 0.15) is 5.75 Å². The van der Waals surface area contributed by atoms with E-state index >= 15 is 0 Å². The van der Waals surface area contributed by atoms with E-state index in [2.05, 4.69) is 22.4 Å². The maximum atomic E-state index is 5.22. The van der Waals surface area contributed by atoms with Gasteiger partial charge in [-0.05, 0) is 17.7 Å². The van der Waals surface area contributed by atoms with Crippen molar-refractivity contribution in [2.24, 2.45) is 0 Å². The number of ether oxygens (including phenoxy) is 1. The lowest BCUT2D eigenvalue weighted by atomic mass is 10.1. The van der Waals surface area contributed by atoms with Crippen LogP contribution in [0.4, 0.5) is 0 Å². The molecule has 2 aromatic rings. The van der Waals surface area contributed by atoms with E-state index in [1.54, 1.807) is 7.11 Å². The summed E-state index contributed by atoms with van der Waals surface area (Å²) >= 11 is 0. The number of aromatic nitrogens is 1. The first-order chi connectivity index (χ1) is 7.38. The van der Waals surface area contributed by atoms with E-state index in [0.717, 1.165) is 25.3 Å². The van der Waals surface area contributed by atoms with Gasteiger partial charge in [-0.3, -0.25) is 0 Å². The molecule has 0 aliphatic carbocycles. The van der Waals surface area contributed by atoms with Crippen molar-refractivity contribution in [2.45, 2.75) is 13.0 Å². The van der Waals surface area contributed by atoms with Crippen molar-refractivity contribution < 1.29 is 4.74 Å². The molecular formula is C12H15ClN2O. The van der Waals surface area contributed by atoms with E-state index in [1.807, 2.05) is 6.07 Å². The second-order valence-corrected chi connectivity index (χ2v) is 3.92. The summed E-state index contributed by atoms with van der Waals surface area (Å²) in [6.45, 7) is 2.04. The standard InChI is InChI=1S/C12H14N2O.ClH/c1-15-8-2-3-9-10-7-13-5-4-11(10)14-12(9)6-8;/h2-3,6,13-14H,4-5,7H2,1H3;1H. The fraction of sp³-hybridized carbons (Fsp3) is 0.333. The van der Waals surface area contributed by atoms with Gasteiger partial charge in [-0.25, -0.2) is 0 Å². The second-order valence-electron chi connectivity index (χ2n) is 3.92. The van der Waals surface area contributed by atoms with Gasteiger partial charge < -0.3 is 15.0 Å². The third kappa shape index (κ3) is 1.66. The van der Waals surface area contributed by atoms with Gasteiger partial charge in [-0.1, -0.05) is 0 Å². The summed E-state index contributed by atoms with van der Waals surface area (Å²) in [5.74, 6) is 0.911. The highest BCUT2D eigenvalue weighted by Crippen LogP contribution is 2.27. The van der Waals surface area contributed by atoms with Crippen LogP contribution in [0.1, 0.15) is 11.3 Å². The van der Waals surface area contributed by atoms with Gasteiger partial charge in [0, 0.05) is 42.2 Å². The minimum Gasteiger partial charge on any atom is -0.497 e. The van der Waals surface area contributed by atoms with E-state index in [9.17, 15) is 0 Å². The Labute approximate surface area is 101 Å². The number of rotatable bonds is 1. The third-order valence-electron chi connectivity index (χ3n) is 3.06. The van der Waals surface area contributed by atoms with Crippen LogP contribution in [-0.2, 0) is 13.0 Å². The van der Waals surface area contributed by atoms with Gasteiger partial charge in [0.15, 0.2) is 0 Å². The highest BCUT2D eigenvalue weighted by molar-refractivity contribution is 5.86. The van der Waals surface area contributed by atoms with Gasteiger partial charge in [-0.2, -0.15) is 0 Å². The second kappa shape index (κ2) is 4.36. The van der Waals surface area contributed by atoms with Crippen LogP contribution in [0.3, 0.4) is 0 Å². The monoisotopic (exact) mass is 238 g/mol. The molecule has 0 bridgehead atoms. The van der Waals surface area contributed by atoms with Crippen LogP contribution in [0.5, 0.6) is 5.75 Å². The molecule has 86 valence electrons. The number of fused-ring (bicyclic) bond motifs is 3.